The Morgan fingerprint density at radius 3 is 2.83 bits per heavy atom. The van der Waals surface area contributed by atoms with E-state index in [-0.39, 0.29) is 5.91 Å². The van der Waals surface area contributed by atoms with E-state index in [1.165, 1.54) is 22.2 Å². The van der Waals surface area contributed by atoms with Gasteiger partial charge in [-0.15, -0.1) is 11.3 Å². The number of carbonyl (C=O) groups is 1. The first-order valence-electron chi connectivity index (χ1n) is 11.2. The molecule has 164 valence electrons. The van der Waals surface area contributed by atoms with Crippen molar-refractivity contribution in [3.05, 3.63) is 16.3 Å². The molecule has 0 spiro atoms. The maximum Gasteiger partial charge on any atom is 0.239 e. The number of rotatable bonds is 7. The van der Waals surface area contributed by atoms with Crippen LogP contribution in [0.4, 0.5) is 5.82 Å². The molecule has 1 atom stereocenters. The number of thiophene rings is 1. The van der Waals surface area contributed by atoms with Crippen LogP contribution in [0.3, 0.4) is 0 Å². The van der Waals surface area contributed by atoms with Gasteiger partial charge in [-0.2, -0.15) is 0 Å². The summed E-state index contributed by atoms with van der Waals surface area (Å²) in [4.78, 5) is 29.4. The molecular weight excluding hydrogens is 398 g/mol. The number of ether oxygens (including phenoxy) is 1. The highest BCUT2D eigenvalue weighted by atomic mass is 32.1. The van der Waals surface area contributed by atoms with Gasteiger partial charge in [0.2, 0.25) is 5.91 Å². The molecule has 1 amide bonds. The van der Waals surface area contributed by atoms with Gasteiger partial charge in [0.15, 0.2) is 0 Å². The SMILES string of the molecule is CCNC(=O)CN(CC)c1nc(CN2CCOCC2)nc2sc3c(c12)CC[C@H](C)C3. The van der Waals surface area contributed by atoms with E-state index in [0.717, 1.165) is 68.7 Å². The highest BCUT2D eigenvalue weighted by molar-refractivity contribution is 7.19. The minimum Gasteiger partial charge on any atom is -0.379 e. The number of fused-ring (bicyclic) bond motifs is 3. The number of hydrogen-bond donors (Lipinski definition) is 1. The molecule has 0 saturated carbocycles. The van der Waals surface area contributed by atoms with E-state index in [1.54, 1.807) is 0 Å². The number of amides is 1. The molecule has 1 aliphatic heterocycles. The van der Waals surface area contributed by atoms with Crippen LogP contribution in [0, 0.1) is 5.92 Å². The molecule has 7 nitrogen and oxygen atoms in total. The summed E-state index contributed by atoms with van der Waals surface area (Å²) >= 11 is 1.83. The molecule has 1 aliphatic carbocycles. The number of morpholine rings is 1. The number of nitrogens with one attached hydrogen (secondary N) is 1. The maximum absolute atomic E-state index is 12.4. The molecule has 8 heteroatoms. The Hall–Kier alpha value is -1.77. The monoisotopic (exact) mass is 431 g/mol. The third-order valence-corrected chi connectivity index (χ3v) is 7.19. The van der Waals surface area contributed by atoms with Crippen molar-refractivity contribution in [3.8, 4) is 0 Å². The number of hydrogen-bond acceptors (Lipinski definition) is 7. The summed E-state index contributed by atoms with van der Waals surface area (Å²) in [6.07, 6.45) is 3.40. The molecule has 2 aliphatic rings. The van der Waals surface area contributed by atoms with E-state index in [0.29, 0.717) is 19.0 Å². The molecule has 0 unspecified atom stereocenters. The van der Waals surface area contributed by atoms with Gasteiger partial charge in [-0.1, -0.05) is 6.92 Å². The molecule has 3 heterocycles. The normalized spacial score (nSPS) is 19.6. The lowest BCUT2D eigenvalue weighted by atomic mass is 9.89. The van der Waals surface area contributed by atoms with Gasteiger partial charge in [-0.3, -0.25) is 9.69 Å². The highest BCUT2D eigenvalue weighted by Gasteiger charge is 2.26. The molecule has 0 radical (unpaired) electrons. The predicted molar refractivity (Wildman–Crippen MR) is 121 cm³/mol. The Morgan fingerprint density at radius 1 is 1.30 bits per heavy atom. The summed E-state index contributed by atoms with van der Waals surface area (Å²) < 4.78 is 5.49. The fourth-order valence-corrected chi connectivity index (χ4v) is 5.78. The van der Waals surface area contributed by atoms with E-state index in [1.807, 2.05) is 18.3 Å². The number of likely N-dealkylation sites (N-methyl/N-ethyl adjacent to an activating group) is 2. The van der Waals surface area contributed by atoms with E-state index in [4.69, 9.17) is 14.7 Å². The maximum atomic E-state index is 12.4. The second-order valence-electron chi connectivity index (χ2n) is 8.35. The molecular formula is C22H33N5O2S. The van der Waals surface area contributed by atoms with Gasteiger partial charge in [0.05, 0.1) is 31.7 Å². The van der Waals surface area contributed by atoms with E-state index < -0.39 is 0 Å². The Kier molecular flexibility index (Phi) is 6.85. The molecule has 4 rings (SSSR count). The zero-order chi connectivity index (χ0) is 21.1. The fourth-order valence-electron chi connectivity index (χ4n) is 4.39. The minimum atomic E-state index is 0.0403. The molecule has 1 saturated heterocycles. The van der Waals surface area contributed by atoms with Gasteiger partial charge in [-0.25, -0.2) is 9.97 Å². The van der Waals surface area contributed by atoms with E-state index in [9.17, 15) is 4.79 Å². The quantitative estimate of drug-likeness (QED) is 0.727. The van der Waals surface area contributed by atoms with Crippen LogP contribution in [0.15, 0.2) is 0 Å². The van der Waals surface area contributed by atoms with Crippen molar-refractivity contribution < 1.29 is 9.53 Å². The summed E-state index contributed by atoms with van der Waals surface area (Å²) in [5, 5.41) is 4.11. The third-order valence-electron chi connectivity index (χ3n) is 6.04. The van der Waals surface area contributed by atoms with Gasteiger partial charge in [0.25, 0.3) is 0 Å². The predicted octanol–water partition coefficient (Wildman–Crippen LogP) is 2.61. The lowest BCUT2D eigenvalue weighted by molar-refractivity contribution is -0.119. The molecule has 2 aromatic heterocycles. The second kappa shape index (κ2) is 9.58. The van der Waals surface area contributed by atoms with Crippen LogP contribution in [0.1, 0.15) is 43.5 Å². The van der Waals surface area contributed by atoms with Crippen molar-refractivity contribution in [2.45, 2.75) is 46.6 Å². The van der Waals surface area contributed by atoms with Gasteiger partial charge in [0.1, 0.15) is 16.5 Å². The first-order chi connectivity index (χ1) is 14.6. The Labute approximate surface area is 182 Å². The average molecular weight is 432 g/mol. The minimum absolute atomic E-state index is 0.0403. The first kappa shape index (κ1) is 21.5. The van der Waals surface area contributed by atoms with Crippen molar-refractivity contribution >= 4 is 33.3 Å². The fraction of sp³-hybridized carbons (Fsp3) is 0.682. The molecule has 0 bridgehead atoms. The average Bonchev–Trinajstić information content (AvgIpc) is 3.09. The number of aryl methyl sites for hydroxylation is 1. The summed E-state index contributed by atoms with van der Waals surface area (Å²) in [7, 11) is 0. The zero-order valence-corrected chi connectivity index (χ0v) is 19.2. The molecule has 1 N–H and O–H groups in total. The zero-order valence-electron chi connectivity index (χ0n) is 18.4. The van der Waals surface area contributed by atoms with Crippen molar-refractivity contribution in [2.24, 2.45) is 5.92 Å². The van der Waals surface area contributed by atoms with E-state index >= 15 is 0 Å². The lowest BCUT2D eigenvalue weighted by Gasteiger charge is -2.27. The summed E-state index contributed by atoms with van der Waals surface area (Å²) in [6, 6.07) is 0. The largest absolute Gasteiger partial charge is 0.379 e. The van der Waals surface area contributed by atoms with Crippen LogP contribution >= 0.6 is 11.3 Å². The molecule has 0 aromatic carbocycles. The Balaban J connectivity index is 1.74. The van der Waals surface area contributed by atoms with Crippen LogP contribution in [0.2, 0.25) is 0 Å². The number of aromatic nitrogens is 2. The van der Waals surface area contributed by atoms with Crippen LogP contribution in [-0.4, -0.2) is 66.7 Å². The third kappa shape index (κ3) is 4.60. The van der Waals surface area contributed by atoms with Crippen LogP contribution < -0.4 is 10.2 Å². The lowest BCUT2D eigenvalue weighted by Crippen LogP contribution is -2.38. The summed E-state index contributed by atoms with van der Waals surface area (Å²) in [5.41, 5.74) is 1.41. The van der Waals surface area contributed by atoms with Crippen molar-refractivity contribution in [2.75, 3.05) is 50.8 Å². The van der Waals surface area contributed by atoms with Crippen LogP contribution in [0.5, 0.6) is 0 Å². The number of anilines is 1. The Morgan fingerprint density at radius 2 is 2.10 bits per heavy atom. The second-order valence-corrected chi connectivity index (χ2v) is 9.44. The molecule has 30 heavy (non-hydrogen) atoms. The van der Waals surface area contributed by atoms with Gasteiger partial charge < -0.3 is 15.0 Å². The topological polar surface area (TPSA) is 70.6 Å². The number of nitrogens with zero attached hydrogens (tertiary/aromatic N) is 4. The van der Waals surface area contributed by atoms with Crippen molar-refractivity contribution in [1.82, 2.24) is 20.2 Å². The molecule has 1 fully saturated rings. The van der Waals surface area contributed by atoms with E-state index in [2.05, 4.69) is 29.0 Å². The van der Waals surface area contributed by atoms with Crippen LogP contribution in [0.25, 0.3) is 10.2 Å². The van der Waals surface area contributed by atoms with Gasteiger partial charge >= 0.3 is 0 Å². The van der Waals surface area contributed by atoms with Crippen molar-refractivity contribution in [3.63, 3.8) is 0 Å². The van der Waals surface area contributed by atoms with Gasteiger partial charge in [0, 0.05) is 31.1 Å². The van der Waals surface area contributed by atoms with Crippen molar-refractivity contribution in [1.29, 1.82) is 0 Å². The summed E-state index contributed by atoms with van der Waals surface area (Å²) in [6.45, 7) is 12.2. The smallest absolute Gasteiger partial charge is 0.239 e. The summed E-state index contributed by atoms with van der Waals surface area (Å²) in [5.74, 6) is 2.54. The first-order valence-corrected chi connectivity index (χ1v) is 12.0. The van der Waals surface area contributed by atoms with Gasteiger partial charge in [-0.05, 0) is 44.6 Å². The van der Waals surface area contributed by atoms with Crippen LogP contribution in [-0.2, 0) is 28.9 Å². The standard InChI is InChI=1S/C22H33N5O2S/c1-4-23-19(28)14-27(5-2)21-20-16-7-6-15(3)12-17(16)30-22(20)25-18(24-21)13-26-8-10-29-11-9-26/h15H,4-14H2,1-3H3,(H,23,28)/t15-/m0/s1. The number of carbonyl (C=O) groups excluding carboxylic acids is 1. The Bertz CT molecular complexity index is 893. The molecule has 2 aromatic rings. The highest BCUT2D eigenvalue weighted by Crippen LogP contribution is 2.41.